The molecule has 0 unspecified atom stereocenters. The molecule has 1 aromatic rings. The molecule has 7 nitrogen and oxygen atoms in total. The van der Waals surface area contributed by atoms with Crippen LogP contribution in [0.15, 0.2) is 41.0 Å². The fourth-order valence-electron chi connectivity index (χ4n) is 1.65. The van der Waals surface area contributed by atoms with Crippen molar-refractivity contribution in [1.29, 1.82) is 0 Å². The molecule has 0 atom stereocenters. The molecule has 23 heavy (non-hydrogen) atoms. The number of carbonyl (C=O) groups is 3. The van der Waals surface area contributed by atoms with Gasteiger partial charge in [0.2, 0.25) is 0 Å². The Bertz CT molecular complexity index is 660. The number of ether oxygens (including phenoxy) is 1. The molecule has 3 N–H and O–H groups in total. The zero-order chi connectivity index (χ0) is 17.4. The lowest BCUT2D eigenvalue weighted by atomic mass is 10.0. The normalized spacial score (nSPS) is 11.8. The first kappa shape index (κ1) is 18.1. The summed E-state index contributed by atoms with van der Waals surface area (Å²) in [7, 11) is 0. The van der Waals surface area contributed by atoms with Gasteiger partial charge in [-0.15, -0.1) is 0 Å². The van der Waals surface area contributed by atoms with Crippen molar-refractivity contribution >= 4 is 23.5 Å². The lowest BCUT2D eigenvalue weighted by Gasteiger charge is -2.07. The lowest BCUT2D eigenvalue weighted by Crippen LogP contribution is -2.27. The van der Waals surface area contributed by atoms with Crippen LogP contribution in [0.2, 0.25) is 0 Å². The van der Waals surface area contributed by atoms with Gasteiger partial charge < -0.3 is 10.5 Å². The zero-order valence-electron chi connectivity index (χ0n) is 13.3. The van der Waals surface area contributed by atoms with E-state index in [4.69, 9.17) is 10.5 Å². The highest BCUT2D eigenvalue weighted by Gasteiger charge is 2.17. The number of benzene rings is 1. The fourth-order valence-corrected chi connectivity index (χ4v) is 1.65. The van der Waals surface area contributed by atoms with E-state index in [1.807, 2.05) is 12.3 Å². The van der Waals surface area contributed by atoms with Gasteiger partial charge in [0.05, 0.1) is 17.9 Å². The molecule has 0 aliphatic rings. The van der Waals surface area contributed by atoms with Crippen molar-refractivity contribution in [2.24, 2.45) is 10.8 Å². The van der Waals surface area contributed by atoms with Gasteiger partial charge in [-0.1, -0.05) is 29.8 Å². The Kier molecular flexibility index (Phi) is 6.67. The van der Waals surface area contributed by atoms with Gasteiger partial charge in [-0.2, -0.15) is 5.10 Å². The minimum atomic E-state index is -0.877. The minimum Gasteiger partial charge on any atom is -0.462 e. The molecule has 122 valence electrons. The van der Waals surface area contributed by atoms with Gasteiger partial charge >= 0.3 is 12.0 Å². The van der Waals surface area contributed by atoms with Crippen LogP contribution in [-0.2, 0) is 9.53 Å². The predicted octanol–water partition coefficient (Wildman–Crippen LogP) is 1.71. The van der Waals surface area contributed by atoms with Crippen LogP contribution in [0.5, 0.6) is 0 Å². The molecule has 0 fully saturated rings. The molecular weight excluding hydrogens is 298 g/mol. The van der Waals surface area contributed by atoms with E-state index < -0.39 is 12.0 Å². The number of hydrogen-bond acceptors (Lipinski definition) is 5. The maximum atomic E-state index is 12.3. The van der Waals surface area contributed by atoms with E-state index in [-0.39, 0.29) is 23.7 Å². The van der Waals surface area contributed by atoms with E-state index in [0.717, 1.165) is 11.6 Å². The topological polar surface area (TPSA) is 111 Å². The molecule has 0 aliphatic heterocycles. The Morgan fingerprint density at radius 2 is 1.87 bits per heavy atom. The second kappa shape index (κ2) is 8.47. The number of amides is 2. The number of hydrogen-bond donors (Lipinski definition) is 2. The average molecular weight is 317 g/mol. The van der Waals surface area contributed by atoms with Gasteiger partial charge in [-0.25, -0.2) is 15.0 Å². The summed E-state index contributed by atoms with van der Waals surface area (Å²) in [6, 6.07) is 6.02. The SMILES string of the molecule is CCOC(=O)C(=C/C(=O)c1ccc(C)cc1)/C(C)=N/NC(N)=O. The molecule has 7 heteroatoms. The molecule has 0 radical (unpaired) electrons. The number of nitrogens with one attached hydrogen (secondary N) is 1. The van der Waals surface area contributed by atoms with Gasteiger partial charge in [0, 0.05) is 11.6 Å². The summed E-state index contributed by atoms with van der Waals surface area (Å²) >= 11 is 0. The van der Waals surface area contributed by atoms with Crippen LogP contribution in [0.1, 0.15) is 29.8 Å². The molecule has 0 aliphatic carbocycles. The second-order valence-corrected chi connectivity index (χ2v) is 4.68. The monoisotopic (exact) mass is 317 g/mol. The molecule has 0 bridgehead atoms. The van der Waals surface area contributed by atoms with Crippen molar-refractivity contribution in [3.05, 3.63) is 47.0 Å². The Hall–Kier alpha value is -2.96. The number of ketones is 1. The smallest absolute Gasteiger partial charge is 0.340 e. The van der Waals surface area contributed by atoms with E-state index in [1.54, 1.807) is 31.2 Å². The Morgan fingerprint density at radius 3 is 2.39 bits per heavy atom. The first-order valence-corrected chi connectivity index (χ1v) is 6.95. The summed E-state index contributed by atoms with van der Waals surface area (Å²) in [4.78, 5) is 34.9. The minimum absolute atomic E-state index is 0.0498. The summed E-state index contributed by atoms with van der Waals surface area (Å²) in [5, 5.41) is 3.66. The van der Waals surface area contributed by atoms with Crippen molar-refractivity contribution < 1.29 is 19.1 Å². The highest BCUT2D eigenvalue weighted by Crippen LogP contribution is 2.09. The second-order valence-electron chi connectivity index (χ2n) is 4.68. The number of rotatable bonds is 6. The van der Waals surface area contributed by atoms with Crippen LogP contribution in [0.25, 0.3) is 0 Å². The summed E-state index contributed by atoms with van der Waals surface area (Å²) in [5.41, 5.74) is 8.43. The Morgan fingerprint density at radius 1 is 1.26 bits per heavy atom. The third-order valence-corrected chi connectivity index (χ3v) is 2.83. The fraction of sp³-hybridized carbons (Fsp3) is 0.250. The molecule has 0 heterocycles. The lowest BCUT2D eigenvalue weighted by molar-refractivity contribution is -0.137. The molecule has 1 rings (SSSR count). The van der Waals surface area contributed by atoms with Crippen LogP contribution in [0.3, 0.4) is 0 Å². The Labute approximate surface area is 134 Å². The molecule has 0 aromatic heterocycles. The van der Waals surface area contributed by atoms with Crippen molar-refractivity contribution in [2.75, 3.05) is 6.61 Å². The molecule has 0 saturated carbocycles. The summed E-state index contributed by atoms with van der Waals surface area (Å²) in [6.45, 7) is 5.15. The van der Waals surface area contributed by atoms with Crippen molar-refractivity contribution in [2.45, 2.75) is 20.8 Å². The number of urea groups is 1. The van der Waals surface area contributed by atoms with Gasteiger partial charge in [0.1, 0.15) is 0 Å². The quantitative estimate of drug-likeness (QED) is 0.273. The maximum absolute atomic E-state index is 12.3. The number of allylic oxidation sites excluding steroid dienone is 1. The van der Waals surface area contributed by atoms with Crippen LogP contribution in [0, 0.1) is 6.92 Å². The molecular formula is C16H19N3O4. The van der Waals surface area contributed by atoms with E-state index in [9.17, 15) is 14.4 Å². The van der Waals surface area contributed by atoms with Gasteiger partial charge in [0.15, 0.2) is 5.78 Å². The van der Waals surface area contributed by atoms with E-state index >= 15 is 0 Å². The van der Waals surface area contributed by atoms with Crippen molar-refractivity contribution in [3.8, 4) is 0 Å². The van der Waals surface area contributed by atoms with Gasteiger partial charge in [0.25, 0.3) is 0 Å². The number of carbonyl (C=O) groups excluding carboxylic acids is 3. The average Bonchev–Trinajstić information content (AvgIpc) is 2.50. The van der Waals surface area contributed by atoms with Crippen molar-refractivity contribution in [3.63, 3.8) is 0 Å². The van der Waals surface area contributed by atoms with E-state index in [0.29, 0.717) is 5.56 Å². The first-order valence-electron chi connectivity index (χ1n) is 6.95. The van der Waals surface area contributed by atoms with Crippen LogP contribution in [-0.4, -0.2) is 30.1 Å². The van der Waals surface area contributed by atoms with Crippen LogP contribution >= 0.6 is 0 Å². The van der Waals surface area contributed by atoms with E-state index in [2.05, 4.69) is 5.10 Å². The number of aryl methyl sites for hydroxylation is 1. The largest absolute Gasteiger partial charge is 0.462 e. The number of nitrogens with zero attached hydrogens (tertiary/aromatic N) is 1. The van der Waals surface area contributed by atoms with Crippen LogP contribution in [0.4, 0.5) is 4.79 Å². The summed E-state index contributed by atoms with van der Waals surface area (Å²) in [6.07, 6.45) is 1.13. The summed E-state index contributed by atoms with van der Waals surface area (Å²) < 4.78 is 4.90. The number of hydrazone groups is 1. The van der Waals surface area contributed by atoms with Gasteiger partial charge in [-0.3, -0.25) is 4.79 Å². The molecule has 2 amide bonds. The predicted molar refractivity (Wildman–Crippen MR) is 86.1 cm³/mol. The van der Waals surface area contributed by atoms with Gasteiger partial charge in [-0.05, 0) is 20.8 Å². The van der Waals surface area contributed by atoms with Crippen LogP contribution < -0.4 is 11.2 Å². The third-order valence-electron chi connectivity index (χ3n) is 2.83. The maximum Gasteiger partial charge on any atom is 0.340 e. The molecule has 1 aromatic carbocycles. The molecule has 0 spiro atoms. The number of primary amides is 1. The standard InChI is InChI=1S/C16H19N3O4/c1-4-23-15(21)13(11(3)18-19-16(17)22)9-14(20)12-7-5-10(2)6-8-12/h5-9H,4H2,1-3H3,(H3,17,19,22)/b13-9+,18-11+. The molecule has 0 saturated heterocycles. The Balaban J connectivity index is 3.14. The number of nitrogens with two attached hydrogens (primary N) is 1. The van der Waals surface area contributed by atoms with Crippen molar-refractivity contribution in [1.82, 2.24) is 5.43 Å². The highest BCUT2D eigenvalue weighted by atomic mass is 16.5. The van der Waals surface area contributed by atoms with E-state index in [1.165, 1.54) is 6.92 Å². The zero-order valence-corrected chi connectivity index (χ0v) is 13.3. The first-order chi connectivity index (χ1) is 10.8. The third kappa shape index (κ3) is 5.74. The highest BCUT2D eigenvalue weighted by molar-refractivity contribution is 6.23. The number of esters is 1. The summed E-state index contributed by atoms with van der Waals surface area (Å²) in [5.74, 6) is -1.08.